The third-order valence-electron chi connectivity index (χ3n) is 4.87. The second-order valence-electron chi connectivity index (χ2n) is 6.55. The summed E-state index contributed by atoms with van der Waals surface area (Å²) in [7, 11) is 0. The fourth-order valence-electron chi connectivity index (χ4n) is 3.38. The first-order chi connectivity index (χ1) is 12.3. The number of aryl methyl sites for hydroxylation is 1. The third-order valence-corrected chi connectivity index (χ3v) is 5.85. The zero-order valence-corrected chi connectivity index (χ0v) is 15.5. The number of carboxylic acids is 1. The van der Waals surface area contributed by atoms with Gasteiger partial charge in [0.05, 0.1) is 5.56 Å². The molecule has 138 valence electrons. The largest absolute Gasteiger partial charge is 0.480 e. The van der Waals surface area contributed by atoms with Crippen LogP contribution >= 0.6 is 11.8 Å². The smallest absolute Gasteiger partial charge is 0.329 e. The van der Waals surface area contributed by atoms with Gasteiger partial charge in [-0.25, -0.2) is 9.18 Å². The van der Waals surface area contributed by atoms with Crippen LogP contribution in [0.15, 0.2) is 30.3 Å². The van der Waals surface area contributed by atoms with Crippen molar-refractivity contribution in [3.05, 3.63) is 53.1 Å². The minimum atomic E-state index is -1.21. The SMILES string of the molecule is Cc1cc(C(=O)NC2(C(=O)O)CCSCC2)c(C)n1-c1ccc(F)cc1. The molecule has 0 radical (unpaired) electrons. The fourth-order valence-corrected chi connectivity index (χ4v) is 4.57. The zero-order chi connectivity index (χ0) is 18.9. The summed E-state index contributed by atoms with van der Waals surface area (Å²) in [6.45, 7) is 3.66. The van der Waals surface area contributed by atoms with E-state index in [1.165, 1.54) is 12.1 Å². The van der Waals surface area contributed by atoms with E-state index in [4.69, 9.17) is 0 Å². The van der Waals surface area contributed by atoms with Crippen LogP contribution in [0.5, 0.6) is 0 Å². The Bertz CT molecular complexity index is 839. The van der Waals surface area contributed by atoms with E-state index >= 15 is 0 Å². The number of hydrogen-bond acceptors (Lipinski definition) is 3. The Morgan fingerprint density at radius 1 is 1.19 bits per heavy atom. The number of halogens is 1. The number of rotatable bonds is 4. The summed E-state index contributed by atoms with van der Waals surface area (Å²) < 4.78 is 15.0. The van der Waals surface area contributed by atoms with Gasteiger partial charge in [-0.15, -0.1) is 0 Å². The number of hydrogen-bond donors (Lipinski definition) is 2. The summed E-state index contributed by atoms with van der Waals surface area (Å²) in [6.07, 6.45) is 0.824. The molecule has 1 saturated heterocycles. The number of nitrogens with zero attached hydrogens (tertiary/aromatic N) is 1. The van der Waals surface area contributed by atoms with Crippen LogP contribution < -0.4 is 5.32 Å². The van der Waals surface area contributed by atoms with Crippen LogP contribution in [0, 0.1) is 19.7 Å². The second-order valence-corrected chi connectivity index (χ2v) is 7.78. The Morgan fingerprint density at radius 2 is 1.81 bits per heavy atom. The Labute approximate surface area is 155 Å². The number of aliphatic carboxylic acids is 1. The van der Waals surface area contributed by atoms with Crippen molar-refractivity contribution in [2.24, 2.45) is 0 Å². The maximum Gasteiger partial charge on any atom is 0.329 e. The van der Waals surface area contributed by atoms with Crippen molar-refractivity contribution >= 4 is 23.6 Å². The Morgan fingerprint density at radius 3 is 2.38 bits per heavy atom. The number of carbonyl (C=O) groups excluding carboxylic acids is 1. The molecule has 0 spiro atoms. The molecule has 2 N–H and O–H groups in total. The van der Waals surface area contributed by atoms with Crippen LogP contribution in [0.2, 0.25) is 0 Å². The van der Waals surface area contributed by atoms with Crippen molar-refractivity contribution in [3.63, 3.8) is 0 Å². The van der Waals surface area contributed by atoms with Crippen LogP contribution in [-0.2, 0) is 4.79 Å². The van der Waals surface area contributed by atoms with E-state index in [0.29, 0.717) is 35.6 Å². The molecule has 0 bridgehead atoms. The quantitative estimate of drug-likeness (QED) is 0.859. The topological polar surface area (TPSA) is 71.3 Å². The fraction of sp³-hybridized carbons (Fsp3) is 0.368. The first kappa shape index (κ1) is 18.5. The number of nitrogens with one attached hydrogen (secondary N) is 1. The van der Waals surface area contributed by atoms with E-state index in [1.54, 1.807) is 36.9 Å². The minimum Gasteiger partial charge on any atom is -0.480 e. The molecule has 1 aliphatic heterocycles. The van der Waals surface area contributed by atoms with Crippen molar-refractivity contribution in [2.45, 2.75) is 32.2 Å². The summed E-state index contributed by atoms with van der Waals surface area (Å²) in [5.41, 5.74) is 1.49. The highest BCUT2D eigenvalue weighted by molar-refractivity contribution is 7.99. The van der Waals surface area contributed by atoms with Crippen LogP contribution in [-0.4, -0.2) is 38.6 Å². The maximum atomic E-state index is 13.2. The lowest BCUT2D eigenvalue weighted by molar-refractivity contribution is -0.144. The lowest BCUT2D eigenvalue weighted by Crippen LogP contribution is -2.56. The van der Waals surface area contributed by atoms with Crippen LogP contribution in [0.4, 0.5) is 4.39 Å². The highest BCUT2D eigenvalue weighted by Gasteiger charge is 2.41. The number of carboxylic acid groups (broad SMARTS) is 1. The van der Waals surface area contributed by atoms with E-state index in [1.807, 2.05) is 11.5 Å². The van der Waals surface area contributed by atoms with Crippen LogP contribution in [0.3, 0.4) is 0 Å². The van der Waals surface area contributed by atoms with Crippen molar-refractivity contribution < 1.29 is 19.1 Å². The Hall–Kier alpha value is -2.28. The molecular weight excluding hydrogens is 355 g/mol. The monoisotopic (exact) mass is 376 g/mol. The van der Waals surface area contributed by atoms with Crippen molar-refractivity contribution in [1.29, 1.82) is 0 Å². The molecule has 7 heteroatoms. The molecule has 1 aromatic heterocycles. The third kappa shape index (κ3) is 3.35. The van der Waals surface area contributed by atoms with Gasteiger partial charge < -0.3 is 15.0 Å². The van der Waals surface area contributed by atoms with Gasteiger partial charge in [0.1, 0.15) is 11.4 Å². The number of amides is 1. The molecule has 1 aliphatic rings. The predicted molar refractivity (Wildman–Crippen MR) is 99.6 cm³/mol. The van der Waals surface area contributed by atoms with Gasteiger partial charge in [0.15, 0.2) is 0 Å². The molecule has 2 heterocycles. The van der Waals surface area contributed by atoms with Crippen molar-refractivity contribution in [3.8, 4) is 5.69 Å². The molecule has 1 amide bonds. The Kier molecular flexibility index (Phi) is 5.09. The molecular formula is C19H21FN2O3S. The number of aromatic nitrogens is 1. The van der Waals surface area contributed by atoms with E-state index in [0.717, 1.165) is 11.4 Å². The van der Waals surface area contributed by atoms with Gasteiger partial charge in [-0.2, -0.15) is 11.8 Å². The van der Waals surface area contributed by atoms with Gasteiger partial charge in [-0.1, -0.05) is 0 Å². The normalized spacial score (nSPS) is 16.3. The van der Waals surface area contributed by atoms with Crippen LogP contribution in [0.1, 0.15) is 34.6 Å². The average Bonchev–Trinajstić information content (AvgIpc) is 2.91. The van der Waals surface area contributed by atoms with E-state index < -0.39 is 11.5 Å². The average molecular weight is 376 g/mol. The second kappa shape index (κ2) is 7.15. The molecule has 1 fully saturated rings. The first-order valence-electron chi connectivity index (χ1n) is 8.42. The molecule has 0 atom stereocenters. The molecule has 2 aromatic rings. The van der Waals surface area contributed by atoms with E-state index in [2.05, 4.69) is 5.32 Å². The van der Waals surface area contributed by atoms with Gasteiger partial charge in [0, 0.05) is 17.1 Å². The first-order valence-corrected chi connectivity index (χ1v) is 9.58. The lowest BCUT2D eigenvalue weighted by atomic mass is 9.92. The van der Waals surface area contributed by atoms with Gasteiger partial charge in [-0.05, 0) is 68.5 Å². The van der Waals surface area contributed by atoms with Gasteiger partial charge in [0.25, 0.3) is 5.91 Å². The lowest BCUT2D eigenvalue weighted by Gasteiger charge is -2.33. The molecule has 5 nitrogen and oxygen atoms in total. The number of benzene rings is 1. The molecule has 1 aromatic carbocycles. The molecule has 0 unspecified atom stereocenters. The molecule has 0 aliphatic carbocycles. The van der Waals surface area contributed by atoms with Crippen molar-refractivity contribution in [2.75, 3.05) is 11.5 Å². The summed E-state index contributed by atoms with van der Waals surface area (Å²) >= 11 is 1.70. The highest BCUT2D eigenvalue weighted by atomic mass is 32.2. The molecule has 0 saturated carbocycles. The molecule has 3 rings (SSSR count). The molecule has 26 heavy (non-hydrogen) atoms. The Balaban J connectivity index is 1.92. The summed E-state index contributed by atoms with van der Waals surface area (Å²) in [5.74, 6) is -0.283. The summed E-state index contributed by atoms with van der Waals surface area (Å²) in [5, 5.41) is 12.4. The van der Waals surface area contributed by atoms with E-state index in [9.17, 15) is 19.1 Å². The zero-order valence-electron chi connectivity index (χ0n) is 14.7. The number of thioether (sulfide) groups is 1. The summed E-state index contributed by atoms with van der Waals surface area (Å²) in [6, 6.07) is 7.77. The predicted octanol–water partition coefficient (Wildman–Crippen LogP) is 3.31. The highest BCUT2D eigenvalue weighted by Crippen LogP contribution is 2.29. The standard InChI is InChI=1S/C19H21FN2O3S/c1-12-11-16(13(2)22(12)15-5-3-14(20)4-6-15)17(23)21-19(18(24)25)7-9-26-10-8-19/h3-6,11H,7-10H2,1-2H3,(H,21,23)(H,24,25). The van der Waals surface area contributed by atoms with Gasteiger partial charge in [-0.3, -0.25) is 4.79 Å². The maximum absolute atomic E-state index is 13.2. The minimum absolute atomic E-state index is 0.326. The van der Waals surface area contributed by atoms with Crippen LogP contribution in [0.25, 0.3) is 5.69 Å². The van der Waals surface area contributed by atoms with E-state index in [-0.39, 0.29) is 11.7 Å². The summed E-state index contributed by atoms with van der Waals surface area (Å²) in [4.78, 5) is 24.6. The van der Waals surface area contributed by atoms with Crippen molar-refractivity contribution in [1.82, 2.24) is 9.88 Å². The number of carbonyl (C=O) groups is 2. The van der Waals surface area contributed by atoms with Gasteiger partial charge in [0.2, 0.25) is 0 Å². The van der Waals surface area contributed by atoms with Gasteiger partial charge >= 0.3 is 5.97 Å².